The highest BCUT2D eigenvalue weighted by molar-refractivity contribution is 7.98. The predicted octanol–water partition coefficient (Wildman–Crippen LogP) is 3.83. The van der Waals surface area contributed by atoms with Gasteiger partial charge in [-0.05, 0) is 31.1 Å². The molecule has 0 N–H and O–H groups in total. The zero-order valence-electron chi connectivity index (χ0n) is 12.0. The van der Waals surface area contributed by atoms with E-state index in [0.29, 0.717) is 11.1 Å². The maximum absolute atomic E-state index is 6.38. The average molecular weight is 332 g/mol. The number of aromatic nitrogens is 5. The van der Waals surface area contributed by atoms with Crippen LogP contribution in [0.2, 0.25) is 5.15 Å². The molecule has 0 atom stereocenters. The van der Waals surface area contributed by atoms with Gasteiger partial charge in [0.05, 0.1) is 17.6 Å². The molecule has 0 aromatic carbocycles. The van der Waals surface area contributed by atoms with E-state index in [1.807, 2.05) is 18.5 Å². The van der Waals surface area contributed by atoms with Crippen molar-refractivity contribution in [1.29, 1.82) is 0 Å². The van der Waals surface area contributed by atoms with Crippen LogP contribution in [-0.2, 0) is 0 Å². The first-order valence-corrected chi connectivity index (χ1v) is 8.78. The molecule has 1 saturated carbocycles. The maximum Gasteiger partial charge on any atom is 0.187 e. The number of hydrogen-bond donors (Lipinski definition) is 0. The van der Waals surface area contributed by atoms with Crippen LogP contribution in [0.1, 0.15) is 30.7 Å². The SMILES string of the molecule is CSc1nccc(-c2cc(Cl)n3ncc(C4CCC4)c3n2)n1. The van der Waals surface area contributed by atoms with Crippen molar-refractivity contribution in [3.05, 3.63) is 35.2 Å². The summed E-state index contributed by atoms with van der Waals surface area (Å²) in [6.07, 6.45) is 9.28. The minimum absolute atomic E-state index is 0.551. The molecule has 1 aliphatic carbocycles. The van der Waals surface area contributed by atoms with Gasteiger partial charge in [0.2, 0.25) is 0 Å². The van der Waals surface area contributed by atoms with Gasteiger partial charge in [0.25, 0.3) is 0 Å². The van der Waals surface area contributed by atoms with Crippen molar-refractivity contribution in [1.82, 2.24) is 24.6 Å². The maximum atomic E-state index is 6.38. The number of rotatable bonds is 3. The molecule has 0 unspecified atom stereocenters. The van der Waals surface area contributed by atoms with Crippen molar-refractivity contribution in [2.24, 2.45) is 0 Å². The van der Waals surface area contributed by atoms with Crippen molar-refractivity contribution in [3.8, 4) is 11.4 Å². The fourth-order valence-electron chi connectivity index (χ4n) is 2.66. The van der Waals surface area contributed by atoms with E-state index in [1.54, 1.807) is 16.8 Å². The van der Waals surface area contributed by atoms with E-state index in [4.69, 9.17) is 16.6 Å². The zero-order chi connectivity index (χ0) is 15.1. The largest absolute Gasteiger partial charge is 0.231 e. The zero-order valence-corrected chi connectivity index (χ0v) is 13.6. The molecule has 3 aromatic rings. The minimum Gasteiger partial charge on any atom is -0.231 e. The monoisotopic (exact) mass is 331 g/mol. The molecule has 3 aromatic heterocycles. The Morgan fingerprint density at radius 3 is 2.86 bits per heavy atom. The van der Waals surface area contributed by atoms with E-state index in [0.717, 1.165) is 22.2 Å². The first kappa shape index (κ1) is 14.0. The molecule has 0 radical (unpaired) electrons. The third-order valence-corrected chi connectivity index (χ3v) is 4.91. The molecule has 4 rings (SSSR count). The van der Waals surface area contributed by atoms with Crippen LogP contribution >= 0.6 is 23.4 Å². The summed E-state index contributed by atoms with van der Waals surface area (Å²) >= 11 is 7.88. The summed E-state index contributed by atoms with van der Waals surface area (Å²) < 4.78 is 1.70. The van der Waals surface area contributed by atoms with Gasteiger partial charge in [0.15, 0.2) is 10.8 Å². The summed E-state index contributed by atoms with van der Waals surface area (Å²) in [5.41, 5.74) is 3.58. The van der Waals surface area contributed by atoms with Gasteiger partial charge in [-0.25, -0.2) is 19.5 Å². The molecule has 22 heavy (non-hydrogen) atoms. The number of halogens is 1. The van der Waals surface area contributed by atoms with Crippen LogP contribution < -0.4 is 0 Å². The van der Waals surface area contributed by atoms with Crippen molar-refractivity contribution >= 4 is 29.0 Å². The summed E-state index contributed by atoms with van der Waals surface area (Å²) in [5.74, 6) is 0.559. The van der Waals surface area contributed by atoms with Gasteiger partial charge in [-0.15, -0.1) is 0 Å². The normalized spacial score (nSPS) is 15.2. The van der Waals surface area contributed by atoms with E-state index in [1.165, 1.54) is 36.6 Å². The molecule has 1 fully saturated rings. The Bertz CT molecular complexity index is 843. The van der Waals surface area contributed by atoms with E-state index in [2.05, 4.69) is 15.1 Å². The molecule has 0 spiro atoms. The quantitative estimate of drug-likeness (QED) is 0.415. The van der Waals surface area contributed by atoms with Crippen LogP contribution in [0.3, 0.4) is 0 Å². The van der Waals surface area contributed by atoms with Crippen molar-refractivity contribution in [2.75, 3.05) is 6.26 Å². The molecule has 0 bridgehead atoms. The first-order chi connectivity index (χ1) is 10.8. The van der Waals surface area contributed by atoms with Crippen LogP contribution in [0, 0.1) is 0 Å². The predicted molar refractivity (Wildman–Crippen MR) is 87.4 cm³/mol. The molecule has 3 heterocycles. The molecule has 7 heteroatoms. The lowest BCUT2D eigenvalue weighted by Crippen LogP contribution is -2.09. The van der Waals surface area contributed by atoms with Crippen molar-refractivity contribution < 1.29 is 0 Å². The Morgan fingerprint density at radius 2 is 2.14 bits per heavy atom. The molecule has 1 aliphatic rings. The summed E-state index contributed by atoms with van der Waals surface area (Å²) in [6, 6.07) is 3.66. The summed E-state index contributed by atoms with van der Waals surface area (Å²) in [6.45, 7) is 0. The lowest BCUT2D eigenvalue weighted by atomic mass is 9.81. The van der Waals surface area contributed by atoms with Crippen LogP contribution in [0.4, 0.5) is 0 Å². The van der Waals surface area contributed by atoms with Gasteiger partial charge >= 0.3 is 0 Å². The number of hydrogen-bond acceptors (Lipinski definition) is 5. The first-order valence-electron chi connectivity index (χ1n) is 7.18. The average Bonchev–Trinajstić information content (AvgIpc) is 2.90. The van der Waals surface area contributed by atoms with Crippen molar-refractivity contribution in [2.45, 2.75) is 30.3 Å². The number of nitrogens with zero attached hydrogens (tertiary/aromatic N) is 5. The van der Waals surface area contributed by atoms with Crippen LogP contribution in [-0.4, -0.2) is 30.8 Å². The number of thioether (sulfide) groups is 1. The van der Waals surface area contributed by atoms with E-state index < -0.39 is 0 Å². The molecular weight excluding hydrogens is 318 g/mol. The summed E-state index contributed by atoms with van der Waals surface area (Å²) in [4.78, 5) is 13.5. The molecule has 0 saturated heterocycles. The Kier molecular flexibility index (Phi) is 3.50. The van der Waals surface area contributed by atoms with Gasteiger partial charge in [-0.3, -0.25) is 0 Å². The molecule has 0 aliphatic heterocycles. The van der Waals surface area contributed by atoms with Gasteiger partial charge in [0, 0.05) is 17.8 Å². The van der Waals surface area contributed by atoms with Crippen LogP contribution in [0.25, 0.3) is 17.0 Å². The summed E-state index contributed by atoms with van der Waals surface area (Å²) in [7, 11) is 0. The van der Waals surface area contributed by atoms with Crippen LogP contribution in [0.5, 0.6) is 0 Å². The van der Waals surface area contributed by atoms with E-state index in [-0.39, 0.29) is 0 Å². The van der Waals surface area contributed by atoms with E-state index in [9.17, 15) is 0 Å². The summed E-state index contributed by atoms with van der Waals surface area (Å²) in [5, 5.41) is 5.65. The molecule has 0 amide bonds. The minimum atomic E-state index is 0.551. The second kappa shape index (κ2) is 5.52. The molecule has 112 valence electrons. The van der Waals surface area contributed by atoms with E-state index >= 15 is 0 Å². The smallest absolute Gasteiger partial charge is 0.187 e. The highest BCUT2D eigenvalue weighted by atomic mass is 35.5. The van der Waals surface area contributed by atoms with Gasteiger partial charge in [-0.1, -0.05) is 29.8 Å². The van der Waals surface area contributed by atoms with Crippen LogP contribution in [0.15, 0.2) is 29.7 Å². The number of fused-ring (bicyclic) bond motifs is 1. The topological polar surface area (TPSA) is 56.0 Å². The third-order valence-electron chi connectivity index (χ3n) is 4.08. The molecular formula is C15H14ClN5S. The standard InChI is InChI=1S/C15H14ClN5S/c1-22-15-17-6-5-11(20-15)12-7-13(16)21-14(19-12)10(8-18-21)9-3-2-4-9/h5-9H,2-4H2,1H3. The highest BCUT2D eigenvalue weighted by Gasteiger charge is 2.24. The second-order valence-corrected chi connectivity index (χ2v) is 6.52. The van der Waals surface area contributed by atoms with Gasteiger partial charge < -0.3 is 0 Å². The van der Waals surface area contributed by atoms with Gasteiger partial charge in [0.1, 0.15) is 5.15 Å². The Morgan fingerprint density at radius 1 is 1.27 bits per heavy atom. The molecule has 5 nitrogen and oxygen atoms in total. The fraction of sp³-hybridized carbons (Fsp3) is 0.333. The second-order valence-electron chi connectivity index (χ2n) is 5.36. The third kappa shape index (κ3) is 2.27. The fourth-order valence-corrected chi connectivity index (χ4v) is 3.25. The Hall–Kier alpha value is -1.66. The van der Waals surface area contributed by atoms with Gasteiger partial charge in [-0.2, -0.15) is 5.10 Å². The lowest BCUT2D eigenvalue weighted by Gasteiger charge is -2.24. The lowest BCUT2D eigenvalue weighted by molar-refractivity contribution is 0.421. The Labute approximate surface area is 137 Å². The van der Waals surface area contributed by atoms with Crippen molar-refractivity contribution in [3.63, 3.8) is 0 Å². The Balaban J connectivity index is 1.87. The highest BCUT2D eigenvalue weighted by Crippen LogP contribution is 2.38.